The van der Waals surface area contributed by atoms with Crippen LogP contribution in [0.1, 0.15) is 10.7 Å². The van der Waals surface area contributed by atoms with Gasteiger partial charge in [-0.15, -0.1) is 11.3 Å². The van der Waals surface area contributed by atoms with Gasteiger partial charge in [0.25, 0.3) is 0 Å². The SMILES string of the molecule is Cc1nc(C)c(-c2ccc(F)c(F)c2)s1. The number of halogens is 2. The van der Waals surface area contributed by atoms with E-state index in [0.29, 0.717) is 5.56 Å². The van der Waals surface area contributed by atoms with Crippen LogP contribution in [0.4, 0.5) is 8.78 Å². The molecule has 0 N–H and O–H groups in total. The molecule has 1 heterocycles. The second kappa shape index (κ2) is 3.70. The molecule has 0 aliphatic carbocycles. The largest absolute Gasteiger partial charge is 0.246 e. The molecule has 1 nitrogen and oxygen atoms in total. The first-order valence-electron chi connectivity index (χ1n) is 4.47. The molecule has 0 spiro atoms. The zero-order valence-corrected chi connectivity index (χ0v) is 9.16. The van der Waals surface area contributed by atoms with Gasteiger partial charge in [0.05, 0.1) is 15.6 Å². The molecule has 78 valence electrons. The molecule has 0 atom stereocenters. The average Bonchev–Trinajstić information content (AvgIpc) is 2.50. The van der Waals surface area contributed by atoms with Crippen LogP contribution in [0, 0.1) is 25.5 Å². The lowest BCUT2D eigenvalue weighted by Gasteiger charge is -1.99. The number of benzene rings is 1. The third kappa shape index (κ3) is 1.90. The van der Waals surface area contributed by atoms with Crippen molar-refractivity contribution in [3.8, 4) is 10.4 Å². The Labute approximate surface area is 90.4 Å². The van der Waals surface area contributed by atoms with E-state index in [9.17, 15) is 8.78 Å². The molecule has 0 radical (unpaired) electrons. The summed E-state index contributed by atoms with van der Waals surface area (Å²) in [6.07, 6.45) is 0. The lowest BCUT2D eigenvalue weighted by atomic mass is 10.1. The summed E-state index contributed by atoms with van der Waals surface area (Å²) in [6.45, 7) is 3.75. The molecule has 2 aromatic rings. The van der Waals surface area contributed by atoms with Gasteiger partial charge in [-0.05, 0) is 31.5 Å². The smallest absolute Gasteiger partial charge is 0.159 e. The molecule has 4 heteroatoms. The van der Waals surface area contributed by atoms with Gasteiger partial charge in [-0.3, -0.25) is 0 Å². The van der Waals surface area contributed by atoms with Crippen molar-refractivity contribution in [2.24, 2.45) is 0 Å². The van der Waals surface area contributed by atoms with Gasteiger partial charge in [0.1, 0.15) is 0 Å². The number of nitrogens with zero attached hydrogens (tertiary/aromatic N) is 1. The van der Waals surface area contributed by atoms with Crippen LogP contribution in [0.5, 0.6) is 0 Å². The number of rotatable bonds is 1. The Balaban J connectivity index is 2.54. The van der Waals surface area contributed by atoms with Crippen molar-refractivity contribution in [1.82, 2.24) is 4.98 Å². The van der Waals surface area contributed by atoms with Crippen molar-refractivity contribution in [3.05, 3.63) is 40.5 Å². The third-order valence-electron chi connectivity index (χ3n) is 2.09. The van der Waals surface area contributed by atoms with Gasteiger partial charge in [-0.1, -0.05) is 6.07 Å². The summed E-state index contributed by atoms with van der Waals surface area (Å²) in [7, 11) is 0. The topological polar surface area (TPSA) is 12.9 Å². The Morgan fingerprint density at radius 3 is 2.40 bits per heavy atom. The highest BCUT2D eigenvalue weighted by Crippen LogP contribution is 2.30. The molecule has 0 aliphatic heterocycles. The van der Waals surface area contributed by atoms with Crippen LogP contribution in [-0.2, 0) is 0 Å². The summed E-state index contributed by atoms with van der Waals surface area (Å²) in [4.78, 5) is 5.14. The Bertz CT molecular complexity index is 505. The van der Waals surface area contributed by atoms with E-state index in [1.807, 2.05) is 13.8 Å². The summed E-state index contributed by atoms with van der Waals surface area (Å²) in [5.41, 5.74) is 1.53. The van der Waals surface area contributed by atoms with Crippen LogP contribution >= 0.6 is 11.3 Å². The predicted octanol–water partition coefficient (Wildman–Crippen LogP) is 3.71. The lowest BCUT2D eigenvalue weighted by Crippen LogP contribution is -1.85. The van der Waals surface area contributed by atoms with Gasteiger partial charge in [0.15, 0.2) is 11.6 Å². The number of thiazole rings is 1. The van der Waals surface area contributed by atoms with Crippen molar-refractivity contribution >= 4 is 11.3 Å². The van der Waals surface area contributed by atoms with E-state index in [1.165, 1.54) is 17.4 Å². The highest BCUT2D eigenvalue weighted by Gasteiger charge is 2.10. The van der Waals surface area contributed by atoms with Crippen LogP contribution in [0.25, 0.3) is 10.4 Å². The predicted molar refractivity (Wildman–Crippen MR) is 56.9 cm³/mol. The van der Waals surface area contributed by atoms with Crippen molar-refractivity contribution in [3.63, 3.8) is 0 Å². The summed E-state index contributed by atoms with van der Waals surface area (Å²) in [6, 6.07) is 3.91. The van der Waals surface area contributed by atoms with Gasteiger partial charge in [0, 0.05) is 0 Å². The second-order valence-corrected chi connectivity index (χ2v) is 4.48. The highest BCUT2D eigenvalue weighted by molar-refractivity contribution is 7.15. The summed E-state index contributed by atoms with van der Waals surface area (Å²) >= 11 is 1.48. The Hall–Kier alpha value is -1.29. The van der Waals surface area contributed by atoms with Crippen molar-refractivity contribution in [2.45, 2.75) is 13.8 Å². The molecule has 0 unspecified atom stereocenters. The molecular formula is C11H9F2NS. The maximum absolute atomic E-state index is 13.0. The van der Waals surface area contributed by atoms with E-state index in [-0.39, 0.29) is 0 Å². The number of aromatic nitrogens is 1. The molecule has 1 aromatic carbocycles. The monoisotopic (exact) mass is 225 g/mol. The van der Waals surface area contributed by atoms with Crippen molar-refractivity contribution in [2.75, 3.05) is 0 Å². The Kier molecular flexibility index (Phi) is 2.52. The third-order valence-corrected chi connectivity index (χ3v) is 3.21. The summed E-state index contributed by atoms with van der Waals surface area (Å²) < 4.78 is 25.7. The summed E-state index contributed by atoms with van der Waals surface area (Å²) in [5.74, 6) is -1.64. The van der Waals surface area contributed by atoms with Crippen LogP contribution in [0.15, 0.2) is 18.2 Å². The molecule has 0 fully saturated rings. The van der Waals surface area contributed by atoms with Crippen LogP contribution in [-0.4, -0.2) is 4.98 Å². The lowest BCUT2D eigenvalue weighted by molar-refractivity contribution is 0.509. The number of aryl methyl sites for hydroxylation is 2. The molecule has 0 amide bonds. The molecule has 15 heavy (non-hydrogen) atoms. The van der Waals surface area contributed by atoms with Gasteiger partial charge in [0.2, 0.25) is 0 Å². The summed E-state index contributed by atoms with van der Waals surface area (Å²) in [5, 5.41) is 0.923. The molecule has 0 bridgehead atoms. The minimum absolute atomic E-state index is 0.678. The first kappa shape index (κ1) is 10.2. The van der Waals surface area contributed by atoms with Gasteiger partial charge in [-0.2, -0.15) is 0 Å². The van der Waals surface area contributed by atoms with Crippen molar-refractivity contribution in [1.29, 1.82) is 0 Å². The zero-order valence-electron chi connectivity index (χ0n) is 8.34. The zero-order chi connectivity index (χ0) is 11.0. The van der Waals surface area contributed by atoms with Crippen LogP contribution in [0.3, 0.4) is 0 Å². The maximum atomic E-state index is 13.0. The van der Waals surface area contributed by atoms with Crippen molar-refractivity contribution < 1.29 is 8.78 Å². The second-order valence-electron chi connectivity index (χ2n) is 3.28. The van der Waals surface area contributed by atoms with Crippen LogP contribution < -0.4 is 0 Å². The fourth-order valence-corrected chi connectivity index (χ4v) is 2.35. The Morgan fingerprint density at radius 2 is 1.87 bits per heavy atom. The minimum atomic E-state index is -0.822. The number of hydrogen-bond donors (Lipinski definition) is 0. The maximum Gasteiger partial charge on any atom is 0.159 e. The molecule has 0 saturated carbocycles. The van der Waals surface area contributed by atoms with E-state index in [0.717, 1.165) is 21.6 Å². The van der Waals surface area contributed by atoms with E-state index in [1.54, 1.807) is 6.07 Å². The molecular weight excluding hydrogens is 216 g/mol. The first-order chi connectivity index (χ1) is 7.08. The molecule has 0 saturated heterocycles. The fourth-order valence-electron chi connectivity index (χ4n) is 1.44. The normalized spacial score (nSPS) is 10.7. The average molecular weight is 225 g/mol. The molecule has 0 aliphatic rings. The van der Waals surface area contributed by atoms with E-state index in [2.05, 4.69) is 4.98 Å². The highest BCUT2D eigenvalue weighted by atomic mass is 32.1. The molecule has 1 aromatic heterocycles. The number of hydrogen-bond acceptors (Lipinski definition) is 2. The van der Waals surface area contributed by atoms with E-state index >= 15 is 0 Å². The molecule has 2 rings (SSSR count). The van der Waals surface area contributed by atoms with Gasteiger partial charge in [-0.25, -0.2) is 13.8 Å². The van der Waals surface area contributed by atoms with E-state index in [4.69, 9.17) is 0 Å². The van der Waals surface area contributed by atoms with Gasteiger partial charge < -0.3 is 0 Å². The fraction of sp³-hybridized carbons (Fsp3) is 0.182. The quantitative estimate of drug-likeness (QED) is 0.721. The van der Waals surface area contributed by atoms with Crippen LogP contribution in [0.2, 0.25) is 0 Å². The standard InChI is InChI=1S/C11H9F2NS/c1-6-11(15-7(2)14-6)8-3-4-9(12)10(13)5-8/h3-5H,1-2H3. The first-order valence-corrected chi connectivity index (χ1v) is 5.29. The Morgan fingerprint density at radius 1 is 1.13 bits per heavy atom. The van der Waals surface area contributed by atoms with Gasteiger partial charge >= 0.3 is 0 Å². The van der Waals surface area contributed by atoms with E-state index < -0.39 is 11.6 Å². The minimum Gasteiger partial charge on any atom is -0.246 e.